The fourth-order valence-corrected chi connectivity index (χ4v) is 7.90. The monoisotopic (exact) mass is 633 g/mol. The Kier molecular flexibility index (Phi) is 7.72. The van der Waals surface area contributed by atoms with Gasteiger partial charge in [0, 0.05) is 48.9 Å². The Morgan fingerprint density at radius 3 is 2.27 bits per heavy atom. The van der Waals surface area contributed by atoms with Gasteiger partial charge in [0.1, 0.15) is 0 Å². The van der Waals surface area contributed by atoms with Gasteiger partial charge in [0.15, 0.2) is 0 Å². The molecule has 0 spiro atoms. The van der Waals surface area contributed by atoms with Crippen molar-refractivity contribution in [2.75, 3.05) is 25.0 Å². The molecule has 2 aliphatic heterocycles. The van der Waals surface area contributed by atoms with Crippen molar-refractivity contribution < 1.29 is 22.8 Å². The van der Waals surface area contributed by atoms with E-state index in [2.05, 4.69) is 19.2 Å². The SMILES string of the molecule is Cc1nn(-c2ccc(C(N)=O)c(NC3CCN(S(=O)(=O)c4ccc(C(N)=O)cc4)CC3)c2)c2c1C(=O)N(CC1CC1)C(C)(C)C2. The zero-order valence-electron chi connectivity index (χ0n) is 25.7. The molecule has 0 unspecified atom stereocenters. The molecule has 1 saturated carbocycles. The quantitative estimate of drug-likeness (QED) is 0.325. The number of hydrogen-bond donors (Lipinski definition) is 3. The Morgan fingerprint density at radius 2 is 1.67 bits per heavy atom. The van der Waals surface area contributed by atoms with Crippen LogP contribution in [0.3, 0.4) is 0 Å². The summed E-state index contributed by atoms with van der Waals surface area (Å²) in [7, 11) is -3.76. The number of aromatic nitrogens is 2. The second-order valence-electron chi connectivity index (χ2n) is 13.0. The van der Waals surface area contributed by atoms with Crippen LogP contribution in [0.1, 0.15) is 82.0 Å². The second-order valence-corrected chi connectivity index (χ2v) is 14.9. The van der Waals surface area contributed by atoms with Crippen molar-refractivity contribution in [3.63, 3.8) is 0 Å². The van der Waals surface area contributed by atoms with Crippen LogP contribution in [-0.4, -0.2) is 76.3 Å². The number of carbonyl (C=O) groups excluding carboxylic acids is 3. The molecule has 12 nitrogen and oxygen atoms in total. The number of anilines is 1. The number of aryl methyl sites for hydroxylation is 1. The van der Waals surface area contributed by atoms with E-state index in [4.69, 9.17) is 16.6 Å². The first-order valence-electron chi connectivity index (χ1n) is 15.3. The molecule has 0 bridgehead atoms. The standard InChI is InChI=1S/C32H39N7O5S/c1-19-28-27(17-32(2,3)38(31(28)42)18-20-4-5-20)39(36-19)23-8-11-25(30(34)41)26(16-23)35-22-12-14-37(15-13-22)45(43,44)24-9-6-21(7-10-24)29(33)40/h6-11,16,20,22,35H,4-5,12-15,17-18H2,1-3H3,(H2,33,40)(H2,34,41). The Balaban J connectivity index is 1.22. The molecule has 13 heteroatoms. The third-order valence-electron chi connectivity index (χ3n) is 9.19. The smallest absolute Gasteiger partial charge is 0.258 e. The summed E-state index contributed by atoms with van der Waals surface area (Å²) in [4.78, 5) is 39.6. The van der Waals surface area contributed by atoms with E-state index in [-0.39, 0.29) is 41.0 Å². The zero-order valence-corrected chi connectivity index (χ0v) is 26.6. The predicted molar refractivity (Wildman–Crippen MR) is 169 cm³/mol. The number of hydrogen-bond acceptors (Lipinski definition) is 7. The molecule has 3 aliphatic rings. The molecule has 5 N–H and O–H groups in total. The van der Waals surface area contributed by atoms with Crippen molar-refractivity contribution >= 4 is 33.4 Å². The number of nitrogens with zero attached hydrogens (tertiary/aromatic N) is 4. The Morgan fingerprint density at radius 1 is 1.00 bits per heavy atom. The van der Waals surface area contributed by atoms with Gasteiger partial charge >= 0.3 is 0 Å². The minimum atomic E-state index is -3.76. The number of rotatable bonds is 9. The molecule has 3 heterocycles. The van der Waals surface area contributed by atoms with E-state index in [1.165, 1.54) is 28.6 Å². The summed E-state index contributed by atoms with van der Waals surface area (Å²) in [6, 6.07) is 10.7. The maximum atomic E-state index is 13.7. The van der Waals surface area contributed by atoms with Crippen LogP contribution in [0, 0.1) is 12.8 Å². The molecule has 1 aromatic heterocycles. The molecule has 2 aromatic carbocycles. The lowest BCUT2D eigenvalue weighted by atomic mass is 9.87. The summed E-state index contributed by atoms with van der Waals surface area (Å²) in [5, 5.41) is 8.21. The van der Waals surface area contributed by atoms with E-state index in [1.54, 1.807) is 16.8 Å². The van der Waals surface area contributed by atoms with Gasteiger partial charge in [0.25, 0.3) is 11.8 Å². The van der Waals surface area contributed by atoms with E-state index < -0.39 is 21.8 Å². The third kappa shape index (κ3) is 5.82. The van der Waals surface area contributed by atoms with Crippen LogP contribution in [0.5, 0.6) is 0 Å². The van der Waals surface area contributed by atoms with Gasteiger partial charge in [-0.25, -0.2) is 13.1 Å². The molecular weight excluding hydrogens is 594 g/mol. The van der Waals surface area contributed by atoms with Crippen molar-refractivity contribution in [3.8, 4) is 5.69 Å². The van der Waals surface area contributed by atoms with Crippen LogP contribution in [0.2, 0.25) is 0 Å². The van der Waals surface area contributed by atoms with Crippen LogP contribution in [0.4, 0.5) is 5.69 Å². The lowest BCUT2D eigenvalue weighted by Gasteiger charge is -2.42. The molecule has 45 heavy (non-hydrogen) atoms. The lowest BCUT2D eigenvalue weighted by molar-refractivity contribution is 0.0487. The van der Waals surface area contributed by atoms with Crippen LogP contribution in [-0.2, 0) is 16.4 Å². The first-order valence-corrected chi connectivity index (χ1v) is 16.7. The maximum Gasteiger partial charge on any atom is 0.258 e. The number of fused-ring (bicyclic) bond motifs is 1. The van der Waals surface area contributed by atoms with Gasteiger partial charge in [0.2, 0.25) is 15.9 Å². The highest BCUT2D eigenvalue weighted by atomic mass is 32.2. The summed E-state index contributed by atoms with van der Waals surface area (Å²) >= 11 is 0. The van der Waals surface area contributed by atoms with Crippen molar-refractivity contribution in [1.82, 2.24) is 19.0 Å². The molecule has 0 atom stereocenters. The average Bonchev–Trinajstić information content (AvgIpc) is 3.76. The summed E-state index contributed by atoms with van der Waals surface area (Å²) in [6.45, 7) is 7.33. The van der Waals surface area contributed by atoms with Crippen LogP contribution in [0.25, 0.3) is 5.69 Å². The molecule has 1 aliphatic carbocycles. The van der Waals surface area contributed by atoms with Crippen LogP contribution < -0.4 is 16.8 Å². The number of nitrogens with two attached hydrogens (primary N) is 2. The summed E-state index contributed by atoms with van der Waals surface area (Å²) in [5.74, 6) is -0.633. The first kappa shape index (κ1) is 30.8. The molecule has 238 valence electrons. The molecule has 3 aromatic rings. The third-order valence-corrected chi connectivity index (χ3v) is 11.1. The van der Waals surface area contributed by atoms with Gasteiger partial charge in [-0.05, 0) is 94.8 Å². The average molecular weight is 634 g/mol. The predicted octanol–water partition coefficient (Wildman–Crippen LogP) is 2.83. The molecule has 6 rings (SSSR count). The van der Waals surface area contributed by atoms with E-state index >= 15 is 0 Å². The van der Waals surface area contributed by atoms with E-state index in [0.717, 1.165) is 25.1 Å². The number of sulfonamides is 1. The van der Waals surface area contributed by atoms with Crippen molar-refractivity contribution in [2.45, 2.75) is 69.4 Å². The summed E-state index contributed by atoms with van der Waals surface area (Å²) in [5.41, 5.74) is 14.6. The largest absolute Gasteiger partial charge is 0.382 e. The fourth-order valence-electron chi connectivity index (χ4n) is 6.43. The van der Waals surface area contributed by atoms with Gasteiger partial charge in [-0.1, -0.05) is 0 Å². The zero-order chi connectivity index (χ0) is 32.3. The van der Waals surface area contributed by atoms with Gasteiger partial charge in [-0.2, -0.15) is 9.40 Å². The fraction of sp³-hybridized carbons (Fsp3) is 0.438. The first-order chi connectivity index (χ1) is 21.3. The Hall–Kier alpha value is -4.23. The number of primary amides is 2. The number of nitrogens with one attached hydrogen (secondary N) is 1. The minimum Gasteiger partial charge on any atom is -0.382 e. The highest BCUT2D eigenvalue weighted by Gasteiger charge is 2.43. The second kappa shape index (κ2) is 11.3. The van der Waals surface area contributed by atoms with Crippen molar-refractivity contribution in [1.29, 1.82) is 0 Å². The van der Waals surface area contributed by atoms with Crippen molar-refractivity contribution in [3.05, 3.63) is 70.5 Å². The molecule has 1 saturated heterocycles. The molecule has 2 fully saturated rings. The lowest BCUT2D eigenvalue weighted by Crippen LogP contribution is -2.53. The van der Waals surface area contributed by atoms with Crippen LogP contribution >= 0.6 is 0 Å². The molecular formula is C32H39N7O5S. The molecule has 0 radical (unpaired) electrons. The number of piperidine rings is 1. The van der Waals surface area contributed by atoms with Gasteiger partial charge in [0.05, 0.1) is 33.1 Å². The van der Waals surface area contributed by atoms with E-state index in [9.17, 15) is 22.8 Å². The summed E-state index contributed by atoms with van der Waals surface area (Å²) < 4.78 is 29.7. The maximum absolute atomic E-state index is 13.7. The summed E-state index contributed by atoms with van der Waals surface area (Å²) in [6.07, 6.45) is 3.95. The molecule has 3 amide bonds. The van der Waals surface area contributed by atoms with Crippen molar-refractivity contribution in [2.24, 2.45) is 17.4 Å². The minimum absolute atomic E-state index is 0.00882. The van der Waals surface area contributed by atoms with Crippen LogP contribution in [0.15, 0.2) is 47.4 Å². The number of carbonyl (C=O) groups is 3. The number of benzene rings is 2. The normalized spacial score (nSPS) is 18.9. The van der Waals surface area contributed by atoms with Gasteiger partial charge in [-0.15, -0.1) is 0 Å². The Bertz CT molecular complexity index is 1790. The highest BCUT2D eigenvalue weighted by Crippen LogP contribution is 2.38. The van der Waals surface area contributed by atoms with E-state index in [1.807, 2.05) is 17.9 Å². The topological polar surface area (TPSA) is 174 Å². The Labute approximate surface area is 262 Å². The van der Waals surface area contributed by atoms with Gasteiger partial charge < -0.3 is 21.7 Å². The highest BCUT2D eigenvalue weighted by molar-refractivity contribution is 7.89. The van der Waals surface area contributed by atoms with Gasteiger partial charge in [-0.3, -0.25) is 14.4 Å². The van der Waals surface area contributed by atoms with E-state index in [0.29, 0.717) is 53.4 Å². The number of amides is 3.